The van der Waals surface area contributed by atoms with Crippen molar-refractivity contribution < 1.29 is 9.15 Å². The zero-order valence-electron chi connectivity index (χ0n) is 9.57. The second kappa shape index (κ2) is 4.21. The summed E-state index contributed by atoms with van der Waals surface area (Å²) in [5.41, 5.74) is 3.55. The molecule has 1 aromatic heterocycles. The number of hydrogen-bond donors (Lipinski definition) is 0. The Balaban J connectivity index is 1.94. The molecule has 0 saturated heterocycles. The molecule has 1 aliphatic heterocycles. The molecule has 0 N–H and O–H groups in total. The summed E-state index contributed by atoms with van der Waals surface area (Å²) in [6.45, 7) is 3.32. The molecule has 3 heteroatoms. The molecule has 2 aromatic rings. The maximum Gasteiger partial charge on any atom is 0.126 e. The van der Waals surface area contributed by atoms with Crippen molar-refractivity contribution in [2.24, 2.45) is 0 Å². The third kappa shape index (κ3) is 1.99. The first kappa shape index (κ1) is 10.9. The van der Waals surface area contributed by atoms with E-state index < -0.39 is 0 Å². The second-order valence-electron chi connectivity index (χ2n) is 4.33. The number of ether oxygens (including phenoxy) is 1. The summed E-state index contributed by atoms with van der Waals surface area (Å²) in [4.78, 5) is 0. The van der Waals surface area contributed by atoms with Gasteiger partial charge in [-0.3, -0.25) is 0 Å². The van der Waals surface area contributed by atoms with Gasteiger partial charge in [0.05, 0.1) is 13.2 Å². The Labute approximate surface area is 105 Å². The molecular weight excluding hydrogens is 236 g/mol. The Morgan fingerprint density at radius 2 is 1.94 bits per heavy atom. The largest absolute Gasteiger partial charge is 0.464 e. The molecule has 1 atom stereocenters. The minimum atomic E-state index is -0.227. The number of halogens is 1. The van der Waals surface area contributed by atoms with Crippen molar-refractivity contribution >= 4 is 11.6 Å². The van der Waals surface area contributed by atoms with E-state index in [9.17, 15) is 0 Å². The van der Waals surface area contributed by atoms with Crippen molar-refractivity contribution in [3.8, 4) is 0 Å². The summed E-state index contributed by atoms with van der Waals surface area (Å²) >= 11 is 6.41. The molecule has 1 aliphatic rings. The van der Waals surface area contributed by atoms with Gasteiger partial charge in [-0.2, -0.15) is 0 Å². The highest BCUT2D eigenvalue weighted by atomic mass is 35.5. The smallest absolute Gasteiger partial charge is 0.126 e. The minimum Gasteiger partial charge on any atom is -0.464 e. The Kier molecular flexibility index (Phi) is 2.69. The van der Waals surface area contributed by atoms with E-state index in [1.54, 1.807) is 0 Å². The van der Waals surface area contributed by atoms with Crippen LogP contribution < -0.4 is 0 Å². The van der Waals surface area contributed by atoms with Crippen molar-refractivity contribution in [3.05, 3.63) is 58.5 Å². The number of hydrogen-bond acceptors (Lipinski definition) is 2. The predicted octanol–water partition coefficient (Wildman–Crippen LogP) is 3.95. The van der Waals surface area contributed by atoms with E-state index in [2.05, 4.69) is 12.1 Å². The Bertz CT molecular complexity index is 545. The maximum atomic E-state index is 6.41. The van der Waals surface area contributed by atoms with Gasteiger partial charge in [0.1, 0.15) is 16.9 Å². The van der Waals surface area contributed by atoms with Gasteiger partial charge < -0.3 is 9.15 Å². The number of aryl methyl sites for hydroxylation is 1. The highest BCUT2D eigenvalue weighted by Gasteiger charge is 2.18. The van der Waals surface area contributed by atoms with Crippen LogP contribution in [0.2, 0.25) is 0 Å². The topological polar surface area (TPSA) is 22.4 Å². The summed E-state index contributed by atoms with van der Waals surface area (Å²) in [6, 6.07) is 10.1. The molecular formula is C14H13ClO2. The lowest BCUT2D eigenvalue weighted by Crippen LogP contribution is -1.93. The summed E-state index contributed by atoms with van der Waals surface area (Å²) in [5.74, 6) is 1.68. The van der Waals surface area contributed by atoms with Crippen LogP contribution in [0.3, 0.4) is 0 Å². The van der Waals surface area contributed by atoms with Crippen molar-refractivity contribution in [2.75, 3.05) is 0 Å². The molecule has 1 unspecified atom stereocenters. The number of rotatable bonds is 2. The minimum absolute atomic E-state index is 0.227. The van der Waals surface area contributed by atoms with Crippen LogP contribution in [0, 0.1) is 6.92 Å². The number of fused-ring (bicyclic) bond motifs is 1. The van der Waals surface area contributed by atoms with Crippen LogP contribution in [-0.4, -0.2) is 0 Å². The fourth-order valence-electron chi connectivity index (χ4n) is 2.10. The molecule has 1 aromatic carbocycles. The lowest BCUT2D eigenvalue weighted by Gasteiger charge is -2.08. The van der Waals surface area contributed by atoms with Gasteiger partial charge in [-0.25, -0.2) is 0 Å². The molecule has 0 bridgehead atoms. The van der Waals surface area contributed by atoms with Crippen molar-refractivity contribution in [1.82, 2.24) is 0 Å². The van der Waals surface area contributed by atoms with Crippen LogP contribution >= 0.6 is 11.6 Å². The van der Waals surface area contributed by atoms with Gasteiger partial charge in [0.15, 0.2) is 0 Å². The number of furan rings is 1. The third-order valence-electron chi connectivity index (χ3n) is 3.05. The summed E-state index contributed by atoms with van der Waals surface area (Å²) in [6.07, 6.45) is 0. The average Bonchev–Trinajstić information content (AvgIpc) is 2.95. The standard InChI is InChI=1S/C14H13ClO2/c1-9-2-5-13(17-9)14(15)10-3-4-11-7-16-8-12(11)6-10/h2-6,14H,7-8H2,1H3. The summed E-state index contributed by atoms with van der Waals surface area (Å²) in [5, 5.41) is -0.227. The SMILES string of the molecule is Cc1ccc(C(Cl)c2ccc3c(c2)COC3)o1. The lowest BCUT2D eigenvalue weighted by molar-refractivity contribution is 0.134. The molecule has 2 nitrogen and oxygen atoms in total. The zero-order chi connectivity index (χ0) is 11.8. The highest BCUT2D eigenvalue weighted by Crippen LogP contribution is 2.32. The lowest BCUT2D eigenvalue weighted by atomic mass is 10.0. The Morgan fingerprint density at radius 3 is 2.71 bits per heavy atom. The van der Waals surface area contributed by atoms with Gasteiger partial charge in [-0.1, -0.05) is 18.2 Å². The van der Waals surface area contributed by atoms with E-state index in [1.165, 1.54) is 11.1 Å². The van der Waals surface area contributed by atoms with E-state index in [-0.39, 0.29) is 5.38 Å². The highest BCUT2D eigenvalue weighted by molar-refractivity contribution is 6.22. The van der Waals surface area contributed by atoms with Crippen LogP contribution in [0.5, 0.6) is 0 Å². The predicted molar refractivity (Wildman–Crippen MR) is 66.1 cm³/mol. The van der Waals surface area contributed by atoms with Crippen LogP contribution in [-0.2, 0) is 18.0 Å². The van der Waals surface area contributed by atoms with Crippen LogP contribution in [0.15, 0.2) is 34.7 Å². The number of benzene rings is 1. The fourth-order valence-corrected chi connectivity index (χ4v) is 2.36. The zero-order valence-corrected chi connectivity index (χ0v) is 10.3. The molecule has 2 heterocycles. The van der Waals surface area contributed by atoms with E-state index in [0.29, 0.717) is 13.2 Å². The van der Waals surface area contributed by atoms with Gasteiger partial charge in [0.25, 0.3) is 0 Å². The van der Waals surface area contributed by atoms with Crippen molar-refractivity contribution in [1.29, 1.82) is 0 Å². The van der Waals surface area contributed by atoms with Crippen LogP contribution in [0.1, 0.15) is 33.6 Å². The number of alkyl halides is 1. The third-order valence-corrected chi connectivity index (χ3v) is 3.52. The molecule has 17 heavy (non-hydrogen) atoms. The summed E-state index contributed by atoms with van der Waals surface area (Å²) in [7, 11) is 0. The summed E-state index contributed by atoms with van der Waals surface area (Å²) < 4.78 is 10.9. The average molecular weight is 249 g/mol. The van der Waals surface area contributed by atoms with Gasteiger partial charge in [-0.05, 0) is 35.7 Å². The van der Waals surface area contributed by atoms with E-state index in [4.69, 9.17) is 20.8 Å². The molecule has 0 radical (unpaired) electrons. The van der Waals surface area contributed by atoms with Crippen LogP contribution in [0.25, 0.3) is 0 Å². The molecule has 0 saturated carbocycles. The first-order valence-corrected chi connectivity index (χ1v) is 6.07. The first-order chi connectivity index (χ1) is 8.24. The molecule has 0 amide bonds. The monoisotopic (exact) mass is 248 g/mol. The quantitative estimate of drug-likeness (QED) is 0.751. The molecule has 88 valence electrons. The van der Waals surface area contributed by atoms with Gasteiger partial charge in [0.2, 0.25) is 0 Å². The molecule has 0 aliphatic carbocycles. The molecule has 0 spiro atoms. The van der Waals surface area contributed by atoms with Crippen LogP contribution in [0.4, 0.5) is 0 Å². The fraction of sp³-hybridized carbons (Fsp3) is 0.286. The second-order valence-corrected chi connectivity index (χ2v) is 4.77. The van der Waals surface area contributed by atoms with Gasteiger partial charge in [0, 0.05) is 0 Å². The van der Waals surface area contributed by atoms with Crippen molar-refractivity contribution in [3.63, 3.8) is 0 Å². The normalized spacial score (nSPS) is 15.9. The van der Waals surface area contributed by atoms with Crippen molar-refractivity contribution in [2.45, 2.75) is 25.5 Å². The van der Waals surface area contributed by atoms with E-state index >= 15 is 0 Å². The Hall–Kier alpha value is -1.25. The molecule has 3 rings (SSSR count). The van der Waals surface area contributed by atoms with Gasteiger partial charge >= 0.3 is 0 Å². The van der Waals surface area contributed by atoms with Gasteiger partial charge in [-0.15, -0.1) is 11.6 Å². The van der Waals surface area contributed by atoms with E-state index in [1.807, 2.05) is 25.1 Å². The maximum absolute atomic E-state index is 6.41. The first-order valence-electron chi connectivity index (χ1n) is 5.64. The molecule has 0 fully saturated rings. The van der Waals surface area contributed by atoms with E-state index in [0.717, 1.165) is 17.1 Å². The Morgan fingerprint density at radius 1 is 1.12 bits per heavy atom.